The fraction of sp³-hybridized carbons (Fsp3) is 0.429. The minimum absolute atomic E-state index is 0.559. The topological polar surface area (TPSA) is 46.4 Å². The molecular formula is C21H23F2N5OS. The number of hydrogen-bond acceptors (Lipinski definition) is 6. The molecule has 0 saturated heterocycles. The summed E-state index contributed by atoms with van der Waals surface area (Å²) in [7, 11) is 1.66. The Balaban J connectivity index is 1.49. The summed E-state index contributed by atoms with van der Waals surface area (Å²) in [5.41, 5.74) is 3.53. The number of hydrogen-bond donors (Lipinski definition) is 0. The summed E-state index contributed by atoms with van der Waals surface area (Å²) in [4.78, 5) is 9.85. The van der Waals surface area contributed by atoms with Crippen molar-refractivity contribution in [3.63, 3.8) is 0 Å². The third-order valence-corrected chi connectivity index (χ3v) is 7.25. The Bertz CT molecular complexity index is 1050. The number of thiophene rings is 1. The molecule has 0 bridgehead atoms. The first-order valence-corrected chi connectivity index (χ1v) is 10.8. The van der Waals surface area contributed by atoms with Crippen molar-refractivity contribution in [1.29, 1.82) is 0 Å². The van der Waals surface area contributed by atoms with Crippen LogP contribution in [0.1, 0.15) is 22.9 Å². The van der Waals surface area contributed by atoms with Crippen molar-refractivity contribution >= 4 is 16.3 Å². The lowest BCUT2D eigenvalue weighted by Crippen LogP contribution is -2.41. The predicted molar refractivity (Wildman–Crippen MR) is 112 cm³/mol. The number of methoxy groups -OCH3 is 1. The van der Waals surface area contributed by atoms with Crippen LogP contribution in [0.4, 0.5) is 13.8 Å². The molecule has 1 atom stereocenters. The van der Waals surface area contributed by atoms with Gasteiger partial charge < -0.3 is 9.64 Å². The minimum atomic E-state index is -2.34. The van der Waals surface area contributed by atoms with E-state index in [0.717, 1.165) is 40.0 Å². The quantitative estimate of drug-likeness (QED) is 0.611. The van der Waals surface area contributed by atoms with Crippen LogP contribution in [0.2, 0.25) is 0 Å². The summed E-state index contributed by atoms with van der Waals surface area (Å²) in [5, 5.41) is 5.56. The lowest BCUT2D eigenvalue weighted by molar-refractivity contribution is 0.0285. The highest BCUT2D eigenvalue weighted by molar-refractivity contribution is 7.17. The van der Waals surface area contributed by atoms with Crippen molar-refractivity contribution in [3.8, 4) is 17.1 Å². The molecule has 1 unspecified atom stereocenters. The summed E-state index contributed by atoms with van der Waals surface area (Å²) in [6.07, 6.45) is 0.00556. The van der Waals surface area contributed by atoms with Gasteiger partial charge in [-0.3, -0.25) is 4.90 Å². The highest BCUT2D eigenvalue weighted by Crippen LogP contribution is 2.47. The van der Waals surface area contributed by atoms with E-state index in [9.17, 15) is 8.78 Å². The van der Waals surface area contributed by atoms with Crippen LogP contribution in [0, 0.1) is 0 Å². The maximum Gasteiger partial charge on any atom is 0.253 e. The van der Waals surface area contributed by atoms with Gasteiger partial charge in [-0.2, -0.15) is 5.10 Å². The SMILES string of the molecule is COc1ccc(CN2Cn3ncnc3-c3c2sc2c3CCN(C(C)C(F)F)C2)cc1. The maximum atomic E-state index is 13.3. The van der Waals surface area contributed by atoms with Crippen molar-refractivity contribution in [2.24, 2.45) is 0 Å². The Labute approximate surface area is 177 Å². The van der Waals surface area contributed by atoms with Crippen LogP contribution >= 0.6 is 11.3 Å². The molecule has 5 rings (SSSR count). The van der Waals surface area contributed by atoms with E-state index in [1.54, 1.807) is 31.7 Å². The van der Waals surface area contributed by atoms with Gasteiger partial charge in [-0.1, -0.05) is 12.1 Å². The smallest absolute Gasteiger partial charge is 0.253 e. The second-order valence-electron chi connectivity index (χ2n) is 7.75. The molecule has 6 nitrogen and oxygen atoms in total. The number of rotatable bonds is 5. The third kappa shape index (κ3) is 3.26. The highest BCUT2D eigenvalue weighted by Gasteiger charge is 2.35. The molecule has 0 saturated carbocycles. The molecule has 9 heteroatoms. The summed E-state index contributed by atoms with van der Waals surface area (Å²) >= 11 is 1.71. The molecule has 0 aliphatic carbocycles. The molecule has 1 aromatic carbocycles. The first-order valence-electron chi connectivity index (χ1n) is 9.98. The van der Waals surface area contributed by atoms with E-state index >= 15 is 0 Å². The van der Waals surface area contributed by atoms with Gasteiger partial charge in [0.15, 0.2) is 5.82 Å². The van der Waals surface area contributed by atoms with E-state index in [-0.39, 0.29) is 0 Å². The van der Waals surface area contributed by atoms with Gasteiger partial charge in [0.05, 0.1) is 18.7 Å². The standard InChI is InChI=1S/C21H23F2N5OS/c1-13(19(22)23)26-8-7-16-17(10-26)30-21-18(16)20-24-11-25-28(20)12-27(21)9-14-3-5-15(29-2)6-4-14/h3-6,11,13,19H,7-10,12H2,1-2H3. The van der Waals surface area contributed by atoms with Crippen molar-refractivity contribution < 1.29 is 13.5 Å². The van der Waals surface area contributed by atoms with Gasteiger partial charge in [-0.05, 0) is 36.6 Å². The predicted octanol–water partition coefficient (Wildman–Crippen LogP) is 4.00. The number of anilines is 1. The van der Waals surface area contributed by atoms with E-state index in [1.807, 2.05) is 21.7 Å². The second kappa shape index (κ2) is 7.63. The van der Waals surface area contributed by atoms with Crippen molar-refractivity contribution in [3.05, 3.63) is 46.6 Å². The van der Waals surface area contributed by atoms with Crippen LogP contribution in [0.5, 0.6) is 5.75 Å². The Morgan fingerprint density at radius 2 is 2.03 bits per heavy atom. The van der Waals surface area contributed by atoms with Gasteiger partial charge >= 0.3 is 0 Å². The van der Waals surface area contributed by atoms with E-state index in [2.05, 4.69) is 27.1 Å². The molecule has 0 radical (unpaired) electrons. The normalized spacial score (nSPS) is 16.9. The number of nitrogens with zero attached hydrogens (tertiary/aromatic N) is 5. The number of ether oxygens (including phenoxy) is 1. The largest absolute Gasteiger partial charge is 0.497 e. The van der Waals surface area contributed by atoms with Gasteiger partial charge in [-0.15, -0.1) is 11.3 Å². The molecule has 0 spiro atoms. The summed E-state index contributed by atoms with van der Waals surface area (Å²) < 4.78 is 33.7. The molecule has 30 heavy (non-hydrogen) atoms. The van der Waals surface area contributed by atoms with Crippen molar-refractivity contribution in [2.75, 3.05) is 18.6 Å². The molecular weight excluding hydrogens is 408 g/mol. The number of alkyl halides is 2. The number of halogens is 2. The number of aromatic nitrogens is 3. The lowest BCUT2D eigenvalue weighted by Gasteiger charge is -2.32. The zero-order valence-electron chi connectivity index (χ0n) is 16.9. The van der Waals surface area contributed by atoms with Crippen molar-refractivity contribution in [1.82, 2.24) is 19.7 Å². The van der Waals surface area contributed by atoms with Gasteiger partial charge in [0.2, 0.25) is 0 Å². The van der Waals surface area contributed by atoms with E-state index in [4.69, 9.17) is 4.74 Å². The van der Waals surface area contributed by atoms with Crippen LogP contribution in [-0.2, 0) is 26.2 Å². The summed E-state index contributed by atoms with van der Waals surface area (Å²) in [6.45, 7) is 4.14. The third-order valence-electron chi connectivity index (χ3n) is 5.97. The Hall–Kier alpha value is -2.52. The van der Waals surface area contributed by atoms with E-state index in [1.165, 1.54) is 11.1 Å². The molecule has 158 valence electrons. The van der Waals surface area contributed by atoms with Gasteiger partial charge in [0, 0.05) is 24.5 Å². The van der Waals surface area contributed by atoms with Crippen LogP contribution in [0.3, 0.4) is 0 Å². The summed E-state index contributed by atoms with van der Waals surface area (Å²) in [5.74, 6) is 1.71. The minimum Gasteiger partial charge on any atom is -0.497 e. The van der Waals surface area contributed by atoms with Crippen LogP contribution in [0.15, 0.2) is 30.6 Å². The molecule has 2 aliphatic rings. The van der Waals surface area contributed by atoms with Crippen LogP contribution < -0.4 is 9.64 Å². The zero-order valence-corrected chi connectivity index (χ0v) is 17.7. The van der Waals surface area contributed by atoms with Crippen LogP contribution in [-0.4, -0.2) is 45.8 Å². The lowest BCUT2D eigenvalue weighted by atomic mass is 10.00. The molecule has 2 aliphatic heterocycles. The molecule has 0 amide bonds. The van der Waals surface area contributed by atoms with Gasteiger partial charge in [-0.25, -0.2) is 18.4 Å². The number of benzene rings is 1. The maximum absolute atomic E-state index is 13.3. The molecule has 4 heterocycles. The Kier molecular flexibility index (Phi) is 4.94. The van der Waals surface area contributed by atoms with Gasteiger partial charge in [0.25, 0.3) is 6.43 Å². The average Bonchev–Trinajstić information content (AvgIpc) is 3.37. The Morgan fingerprint density at radius 3 is 2.77 bits per heavy atom. The number of fused-ring (bicyclic) bond motifs is 5. The van der Waals surface area contributed by atoms with Gasteiger partial charge in [0.1, 0.15) is 23.7 Å². The first kappa shape index (κ1) is 19.4. The molecule has 0 N–H and O–H groups in total. The fourth-order valence-electron chi connectivity index (χ4n) is 4.23. The molecule has 2 aromatic heterocycles. The summed E-state index contributed by atoms with van der Waals surface area (Å²) in [6, 6.07) is 7.31. The van der Waals surface area contributed by atoms with Crippen molar-refractivity contribution in [2.45, 2.75) is 45.6 Å². The highest BCUT2D eigenvalue weighted by atomic mass is 32.1. The average molecular weight is 432 g/mol. The van der Waals surface area contributed by atoms with Crippen LogP contribution in [0.25, 0.3) is 11.4 Å². The molecule has 3 aromatic rings. The first-order chi connectivity index (χ1) is 14.5. The zero-order chi connectivity index (χ0) is 20.8. The van der Waals surface area contributed by atoms with E-state index in [0.29, 0.717) is 19.8 Å². The second-order valence-corrected chi connectivity index (χ2v) is 8.83. The molecule has 0 fully saturated rings. The Morgan fingerprint density at radius 1 is 1.23 bits per heavy atom. The fourth-order valence-corrected chi connectivity index (χ4v) is 5.59. The monoisotopic (exact) mass is 431 g/mol. The van der Waals surface area contributed by atoms with E-state index < -0.39 is 12.5 Å².